The minimum Gasteiger partial charge on any atom is -0.396 e. The summed E-state index contributed by atoms with van der Waals surface area (Å²) >= 11 is 8.62. The van der Waals surface area contributed by atoms with Crippen molar-refractivity contribution in [3.05, 3.63) is 0 Å². The zero-order chi connectivity index (χ0) is 9.45. The summed E-state index contributed by atoms with van der Waals surface area (Å²) in [6, 6.07) is 0. The van der Waals surface area contributed by atoms with Crippen LogP contribution in [-0.4, -0.2) is 27.5 Å². The predicted octanol–water partition coefficient (Wildman–Crippen LogP) is 1.48. The lowest BCUT2D eigenvalue weighted by Gasteiger charge is -2.20. The molecule has 0 aliphatic heterocycles. The molecular weight excluding hydrogens is 192 g/mol. The molecular formula is C8H18O2S2. The van der Waals surface area contributed by atoms with E-state index >= 15 is 0 Å². The van der Waals surface area contributed by atoms with Crippen LogP contribution in [0.1, 0.15) is 32.1 Å². The number of thiol groups is 2. The molecule has 0 saturated carbocycles. The van der Waals surface area contributed by atoms with Crippen LogP contribution in [0.15, 0.2) is 0 Å². The SMILES string of the molecule is OCCCCCC(S)(S)CCO. The standard InChI is InChI=1S/C8H18O2S2/c9-6-3-1-2-4-8(11,12)5-7-10/h9-12H,1-7H2. The summed E-state index contributed by atoms with van der Waals surface area (Å²) < 4.78 is -0.343. The Kier molecular flexibility index (Phi) is 7.43. The molecule has 0 aromatic carbocycles. The maximum absolute atomic E-state index is 8.67. The van der Waals surface area contributed by atoms with E-state index in [1.165, 1.54) is 0 Å². The zero-order valence-electron chi connectivity index (χ0n) is 7.24. The van der Waals surface area contributed by atoms with Gasteiger partial charge in [-0.15, -0.1) is 0 Å². The van der Waals surface area contributed by atoms with Gasteiger partial charge in [0.2, 0.25) is 0 Å². The molecule has 0 saturated heterocycles. The molecule has 0 aromatic heterocycles. The van der Waals surface area contributed by atoms with Crippen LogP contribution in [0.3, 0.4) is 0 Å². The molecule has 74 valence electrons. The highest BCUT2D eigenvalue weighted by atomic mass is 32.2. The summed E-state index contributed by atoms with van der Waals surface area (Å²) in [5.74, 6) is 0. The van der Waals surface area contributed by atoms with Gasteiger partial charge in [-0.2, -0.15) is 25.3 Å². The molecule has 0 amide bonds. The smallest absolute Gasteiger partial charge is 0.0573 e. The lowest BCUT2D eigenvalue weighted by Crippen LogP contribution is -2.14. The van der Waals surface area contributed by atoms with Gasteiger partial charge in [0.05, 0.1) is 4.08 Å². The minimum absolute atomic E-state index is 0.132. The van der Waals surface area contributed by atoms with Crippen LogP contribution in [-0.2, 0) is 0 Å². The van der Waals surface area contributed by atoms with Gasteiger partial charge in [-0.1, -0.05) is 12.8 Å². The molecule has 0 heterocycles. The second-order valence-corrected chi connectivity index (χ2v) is 5.06. The lowest BCUT2D eigenvalue weighted by molar-refractivity contribution is 0.274. The minimum atomic E-state index is -0.343. The van der Waals surface area contributed by atoms with E-state index in [9.17, 15) is 0 Å². The van der Waals surface area contributed by atoms with Crippen LogP contribution >= 0.6 is 25.3 Å². The first-order chi connectivity index (χ1) is 5.62. The maximum atomic E-state index is 8.67. The fourth-order valence-corrected chi connectivity index (χ4v) is 1.52. The molecule has 12 heavy (non-hydrogen) atoms. The van der Waals surface area contributed by atoms with Gasteiger partial charge >= 0.3 is 0 Å². The fourth-order valence-electron chi connectivity index (χ4n) is 1.00. The van der Waals surface area contributed by atoms with Gasteiger partial charge in [-0.05, 0) is 19.3 Å². The van der Waals surface area contributed by atoms with E-state index in [2.05, 4.69) is 25.3 Å². The third kappa shape index (κ3) is 7.28. The number of hydrogen-bond acceptors (Lipinski definition) is 4. The summed E-state index contributed by atoms with van der Waals surface area (Å²) in [6.07, 6.45) is 4.34. The third-order valence-electron chi connectivity index (χ3n) is 1.75. The molecule has 0 rings (SSSR count). The van der Waals surface area contributed by atoms with Crippen LogP contribution in [0.25, 0.3) is 0 Å². The summed E-state index contributed by atoms with van der Waals surface area (Å²) in [4.78, 5) is 0. The van der Waals surface area contributed by atoms with Gasteiger partial charge in [0.15, 0.2) is 0 Å². The van der Waals surface area contributed by atoms with E-state index in [-0.39, 0.29) is 17.3 Å². The Hall–Kier alpha value is 0.620. The van der Waals surface area contributed by atoms with Crippen molar-refractivity contribution in [1.29, 1.82) is 0 Å². The second-order valence-electron chi connectivity index (χ2n) is 2.99. The molecule has 2 nitrogen and oxygen atoms in total. The van der Waals surface area contributed by atoms with Gasteiger partial charge in [0.25, 0.3) is 0 Å². The number of aliphatic hydroxyl groups excluding tert-OH is 2. The van der Waals surface area contributed by atoms with E-state index in [4.69, 9.17) is 10.2 Å². The van der Waals surface area contributed by atoms with Crippen molar-refractivity contribution in [2.45, 2.75) is 36.2 Å². The molecule has 0 aliphatic rings. The van der Waals surface area contributed by atoms with Crippen LogP contribution in [0.4, 0.5) is 0 Å². The lowest BCUT2D eigenvalue weighted by atomic mass is 10.1. The van der Waals surface area contributed by atoms with Crippen molar-refractivity contribution >= 4 is 25.3 Å². The van der Waals surface area contributed by atoms with Gasteiger partial charge in [-0.3, -0.25) is 0 Å². The Labute approximate surface area is 85.2 Å². The Morgan fingerprint density at radius 3 is 2.00 bits per heavy atom. The quantitative estimate of drug-likeness (QED) is 0.292. The predicted molar refractivity (Wildman–Crippen MR) is 58.0 cm³/mol. The van der Waals surface area contributed by atoms with Crippen molar-refractivity contribution in [3.8, 4) is 0 Å². The first-order valence-electron chi connectivity index (χ1n) is 4.29. The number of hydrogen-bond donors (Lipinski definition) is 4. The van der Waals surface area contributed by atoms with E-state index in [1.807, 2.05) is 0 Å². The van der Waals surface area contributed by atoms with E-state index in [0.717, 1.165) is 25.7 Å². The highest BCUT2D eigenvalue weighted by Crippen LogP contribution is 2.29. The highest BCUT2D eigenvalue weighted by molar-refractivity contribution is 8.00. The van der Waals surface area contributed by atoms with Gasteiger partial charge in [0.1, 0.15) is 0 Å². The monoisotopic (exact) mass is 210 g/mol. The molecule has 2 N–H and O–H groups in total. The molecule has 0 atom stereocenters. The van der Waals surface area contributed by atoms with Crippen molar-refractivity contribution in [1.82, 2.24) is 0 Å². The maximum Gasteiger partial charge on any atom is 0.0573 e. The van der Waals surface area contributed by atoms with Crippen molar-refractivity contribution in [2.24, 2.45) is 0 Å². The first kappa shape index (κ1) is 12.6. The molecule has 0 unspecified atom stereocenters. The Morgan fingerprint density at radius 1 is 0.833 bits per heavy atom. The van der Waals surface area contributed by atoms with Crippen LogP contribution < -0.4 is 0 Å². The number of unbranched alkanes of at least 4 members (excludes halogenated alkanes) is 2. The Morgan fingerprint density at radius 2 is 1.50 bits per heavy atom. The van der Waals surface area contributed by atoms with Crippen molar-refractivity contribution in [2.75, 3.05) is 13.2 Å². The van der Waals surface area contributed by atoms with Crippen LogP contribution in [0.5, 0.6) is 0 Å². The van der Waals surface area contributed by atoms with Crippen LogP contribution in [0.2, 0.25) is 0 Å². The van der Waals surface area contributed by atoms with E-state index in [0.29, 0.717) is 6.42 Å². The summed E-state index contributed by atoms with van der Waals surface area (Å²) in [7, 11) is 0. The molecule has 0 spiro atoms. The molecule has 0 aromatic rings. The second kappa shape index (κ2) is 7.06. The first-order valence-corrected chi connectivity index (χ1v) is 5.18. The summed E-state index contributed by atoms with van der Waals surface area (Å²) in [5.41, 5.74) is 0. The molecule has 0 aliphatic carbocycles. The average molecular weight is 210 g/mol. The molecule has 0 fully saturated rings. The van der Waals surface area contributed by atoms with E-state index in [1.54, 1.807) is 0 Å². The molecule has 0 radical (unpaired) electrons. The summed E-state index contributed by atoms with van der Waals surface area (Å²) in [5, 5.41) is 17.2. The topological polar surface area (TPSA) is 40.5 Å². The summed E-state index contributed by atoms with van der Waals surface area (Å²) in [6.45, 7) is 0.388. The van der Waals surface area contributed by atoms with Gasteiger partial charge < -0.3 is 10.2 Å². The number of aliphatic hydroxyl groups is 2. The molecule has 4 heteroatoms. The average Bonchev–Trinajstić information content (AvgIpc) is 1.98. The van der Waals surface area contributed by atoms with Crippen LogP contribution in [0, 0.1) is 0 Å². The Bertz CT molecular complexity index is 107. The Balaban J connectivity index is 3.33. The third-order valence-corrected chi connectivity index (χ3v) is 2.64. The molecule has 0 bridgehead atoms. The normalized spacial score (nSPS) is 12.0. The van der Waals surface area contributed by atoms with Gasteiger partial charge in [-0.25, -0.2) is 0 Å². The van der Waals surface area contributed by atoms with Gasteiger partial charge in [0, 0.05) is 13.2 Å². The van der Waals surface area contributed by atoms with Crippen molar-refractivity contribution in [3.63, 3.8) is 0 Å². The largest absolute Gasteiger partial charge is 0.396 e. The highest BCUT2D eigenvalue weighted by Gasteiger charge is 2.18. The fraction of sp³-hybridized carbons (Fsp3) is 1.00. The van der Waals surface area contributed by atoms with E-state index < -0.39 is 0 Å². The zero-order valence-corrected chi connectivity index (χ0v) is 9.03. The van der Waals surface area contributed by atoms with Crippen molar-refractivity contribution < 1.29 is 10.2 Å². The number of rotatable bonds is 7.